The molecule has 1 fully saturated rings. The number of hydrogen-bond donors (Lipinski definition) is 2. The Morgan fingerprint density at radius 1 is 0.970 bits per heavy atom. The van der Waals surface area contributed by atoms with E-state index >= 15 is 0 Å². The molecule has 168 valence electrons. The molecule has 0 bridgehead atoms. The van der Waals surface area contributed by atoms with Crippen LogP contribution in [0.5, 0.6) is 0 Å². The van der Waals surface area contributed by atoms with E-state index in [-0.39, 0.29) is 17.0 Å². The number of aromatic nitrogens is 1. The second-order valence-corrected chi connectivity index (χ2v) is 8.36. The lowest BCUT2D eigenvalue weighted by Crippen LogP contribution is -2.47. The van der Waals surface area contributed by atoms with Gasteiger partial charge in [-0.05, 0) is 36.9 Å². The van der Waals surface area contributed by atoms with Crippen LogP contribution >= 0.6 is 0 Å². The van der Waals surface area contributed by atoms with Crippen LogP contribution in [0.4, 0.5) is 8.78 Å². The largest absolute Gasteiger partial charge is 0.366 e. The zero-order valence-corrected chi connectivity index (χ0v) is 18.0. The smallest absolute Gasteiger partial charge is 0.254 e. The van der Waals surface area contributed by atoms with Crippen LogP contribution in [0.25, 0.3) is 32.9 Å². The van der Waals surface area contributed by atoms with Crippen molar-refractivity contribution in [3.8, 4) is 11.1 Å². The van der Waals surface area contributed by atoms with Gasteiger partial charge < -0.3 is 20.5 Å². The van der Waals surface area contributed by atoms with Gasteiger partial charge in [0, 0.05) is 53.6 Å². The summed E-state index contributed by atoms with van der Waals surface area (Å²) in [6.45, 7) is 2.92. The van der Waals surface area contributed by atoms with E-state index in [2.05, 4.69) is 9.88 Å². The summed E-state index contributed by atoms with van der Waals surface area (Å²) in [5.74, 6) is -2.65. The van der Waals surface area contributed by atoms with Gasteiger partial charge in [0.2, 0.25) is 0 Å². The molecule has 1 aliphatic rings. The summed E-state index contributed by atoms with van der Waals surface area (Å²) in [5.41, 5.74) is 7.85. The van der Waals surface area contributed by atoms with Crippen LogP contribution < -0.4 is 5.73 Å². The van der Waals surface area contributed by atoms with Crippen LogP contribution in [-0.4, -0.2) is 59.8 Å². The number of amides is 2. The first-order chi connectivity index (χ1) is 15.8. The van der Waals surface area contributed by atoms with Crippen molar-refractivity contribution in [3.05, 3.63) is 71.3 Å². The molecule has 0 aliphatic carbocycles. The Morgan fingerprint density at radius 3 is 2.45 bits per heavy atom. The maximum atomic E-state index is 14.7. The molecule has 6 nitrogen and oxygen atoms in total. The first-order valence-electron chi connectivity index (χ1n) is 10.7. The first kappa shape index (κ1) is 21.1. The van der Waals surface area contributed by atoms with Crippen LogP contribution in [0, 0.1) is 11.6 Å². The molecule has 0 spiro atoms. The minimum atomic E-state index is -0.971. The molecule has 1 saturated heterocycles. The summed E-state index contributed by atoms with van der Waals surface area (Å²) in [6.07, 6.45) is 0. The van der Waals surface area contributed by atoms with E-state index in [1.165, 1.54) is 18.2 Å². The normalized spacial score (nSPS) is 14.8. The van der Waals surface area contributed by atoms with Crippen LogP contribution in [0.3, 0.4) is 0 Å². The lowest BCUT2D eigenvalue weighted by atomic mass is 9.96. The monoisotopic (exact) mass is 448 g/mol. The van der Waals surface area contributed by atoms with Gasteiger partial charge in [-0.1, -0.05) is 24.3 Å². The quantitative estimate of drug-likeness (QED) is 0.501. The summed E-state index contributed by atoms with van der Waals surface area (Å²) in [5, 5.41) is 1.23. The Kier molecular flexibility index (Phi) is 5.09. The number of nitrogens with zero attached hydrogens (tertiary/aromatic N) is 2. The molecule has 33 heavy (non-hydrogen) atoms. The molecule has 3 N–H and O–H groups in total. The Morgan fingerprint density at radius 2 is 1.73 bits per heavy atom. The molecule has 1 aliphatic heterocycles. The fraction of sp³-hybridized carbons (Fsp3) is 0.200. The molecule has 5 rings (SSSR count). The molecule has 2 amide bonds. The molecule has 3 aromatic carbocycles. The van der Waals surface area contributed by atoms with E-state index in [0.29, 0.717) is 46.0 Å². The molecule has 0 saturated carbocycles. The predicted octanol–water partition coefficient (Wildman–Crippen LogP) is 3.75. The van der Waals surface area contributed by atoms with Gasteiger partial charge >= 0.3 is 0 Å². The number of benzene rings is 3. The van der Waals surface area contributed by atoms with Gasteiger partial charge in [0.05, 0.1) is 11.1 Å². The fourth-order valence-corrected chi connectivity index (χ4v) is 4.48. The van der Waals surface area contributed by atoms with E-state index in [0.717, 1.165) is 19.2 Å². The van der Waals surface area contributed by atoms with Crippen molar-refractivity contribution in [3.63, 3.8) is 0 Å². The van der Waals surface area contributed by atoms with E-state index in [1.807, 2.05) is 11.9 Å². The summed E-state index contributed by atoms with van der Waals surface area (Å²) in [6, 6.07) is 12.3. The number of aromatic amines is 1. The number of rotatable bonds is 3. The number of carbonyl (C=O) groups excluding carboxylic acids is 2. The van der Waals surface area contributed by atoms with Crippen molar-refractivity contribution in [2.45, 2.75) is 0 Å². The zero-order valence-electron chi connectivity index (χ0n) is 18.0. The summed E-state index contributed by atoms with van der Waals surface area (Å²) >= 11 is 0. The maximum Gasteiger partial charge on any atom is 0.254 e. The second kappa shape index (κ2) is 7.97. The molecule has 8 heteroatoms. The summed E-state index contributed by atoms with van der Waals surface area (Å²) in [4.78, 5) is 32.3. The molecule has 0 atom stereocenters. The highest BCUT2D eigenvalue weighted by Crippen LogP contribution is 2.38. The topological polar surface area (TPSA) is 82.4 Å². The third kappa shape index (κ3) is 3.52. The highest BCUT2D eigenvalue weighted by molar-refractivity contribution is 6.20. The first-order valence-corrected chi connectivity index (χ1v) is 10.7. The number of piperazine rings is 1. The number of fused-ring (bicyclic) bond motifs is 3. The van der Waals surface area contributed by atoms with Gasteiger partial charge in [0.1, 0.15) is 0 Å². The molecular weight excluding hydrogens is 426 g/mol. The van der Waals surface area contributed by atoms with Gasteiger partial charge in [-0.2, -0.15) is 0 Å². The van der Waals surface area contributed by atoms with E-state index in [4.69, 9.17) is 5.73 Å². The lowest BCUT2D eigenvalue weighted by molar-refractivity contribution is 0.0664. The van der Waals surface area contributed by atoms with Gasteiger partial charge in [0.25, 0.3) is 11.8 Å². The number of likely N-dealkylation sites (N-methyl/N-ethyl adjacent to an activating group) is 1. The maximum absolute atomic E-state index is 14.7. The van der Waals surface area contributed by atoms with Crippen molar-refractivity contribution < 1.29 is 18.4 Å². The van der Waals surface area contributed by atoms with Crippen LogP contribution in [-0.2, 0) is 0 Å². The van der Waals surface area contributed by atoms with Crippen molar-refractivity contribution in [2.24, 2.45) is 5.73 Å². The summed E-state index contributed by atoms with van der Waals surface area (Å²) < 4.78 is 28.6. The third-order valence-electron chi connectivity index (χ3n) is 6.30. The SMILES string of the molecule is CN1CCN(C(=O)c2ccc3c(c2)[nH]c2c(C(N)=O)ccc(-c4cccc(F)c4F)c23)CC1. The minimum absolute atomic E-state index is 0.0739. The molecule has 4 aromatic rings. The standard InChI is InChI=1S/C25H22F2N4O2/c1-30-9-11-31(12-10-30)25(33)14-5-6-17-20(13-14)29-23-18(24(28)32)8-7-15(21(17)23)16-3-2-4-19(26)22(16)27/h2-8,13,29H,9-12H2,1H3,(H2,28,32). The molecule has 1 aromatic heterocycles. The van der Waals surface area contributed by atoms with Gasteiger partial charge in [-0.3, -0.25) is 9.59 Å². The summed E-state index contributed by atoms with van der Waals surface area (Å²) in [7, 11) is 2.02. The highest BCUT2D eigenvalue weighted by Gasteiger charge is 2.23. The molecule has 2 heterocycles. The van der Waals surface area contributed by atoms with Gasteiger partial charge in [0.15, 0.2) is 11.6 Å². The third-order valence-corrected chi connectivity index (χ3v) is 6.30. The fourth-order valence-electron chi connectivity index (χ4n) is 4.48. The van der Waals surface area contributed by atoms with Gasteiger partial charge in [-0.25, -0.2) is 8.78 Å². The molecule has 0 unspecified atom stereocenters. The van der Waals surface area contributed by atoms with E-state index in [1.54, 1.807) is 24.3 Å². The zero-order chi connectivity index (χ0) is 23.3. The van der Waals surface area contributed by atoms with Crippen LogP contribution in [0.1, 0.15) is 20.7 Å². The number of carbonyl (C=O) groups is 2. The van der Waals surface area contributed by atoms with E-state index < -0.39 is 17.5 Å². The number of nitrogens with two attached hydrogens (primary N) is 1. The average Bonchev–Trinajstić information content (AvgIpc) is 3.19. The Bertz CT molecular complexity index is 1420. The minimum Gasteiger partial charge on any atom is -0.366 e. The molecule has 0 radical (unpaired) electrons. The lowest BCUT2D eigenvalue weighted by Gasteiger charge is -2.32. The van der Waals surface area contributed by atoms with Gasteiger partial charge in [-0.15, -0.1) is 0 Å². The second-order valence-electron chi connectivity index (χ2n) is 8.36. The predicted molar refractivity (Wildman–Crippen MR) is 123 cm³/mol. The van der Waals surface area contributed by atoms with Crippen LogP contribution in [0.15, 0.2) is 48.5 Å². The number of H-pyrrole nitrogens is 1. The number of halogens is 2. The van der Waals surface area contributed by atoms with Crippen molar-refractivity contribution in [1.29, 1.82) is 0 Å². The Hall–Kier alpha value is -3.78. The van der Waals surface area contributed by atoms with Crippen molar-refractivity contribution in [2.75, 3.05) is 33.2 Å². The Balaban J connectivity index is 1.69. The van der Waals surface area contributed by atoms with E-state index in [9.17, 15) is 18.4 Å². The Labute approximate surface area is 188 Å². The van der Waals surface area contributed by atoms with Crippen molar-refractivity contribution in [1.82, 2.24) is 14.8 Å². The highest BCUT2D eigenvalue weighted by atomic mass is 19.2. The number of primary amides is 1. The van der Waals surface area contributed by atoms with Crippen molar-refractivity contribution >= 4 is 33.6 Å². The number of nitrogens with one attached hydrogen (secondary N) is 1. The number of hydrogen-bond acceptors (Lipinski definition) is 3. The molecular formula is C25H22F2N4O2. The average molecular weight is 448 g/mol. The van der Waals surface area contributed by atoms with Crippen LogP contribution in [0.2, 0.25) is 0 Å².